The molecule has 3 heterocycles. The third-order valence-corrected chi connectivity index (χ3v) is 5.09. The molecule has 1 unspecified atom stereocenters. The minimum Gasteiger partial charge on any atom is -0.382 e. The smallest absolute Gasteiger partial charge is 0.275 e. The number of carbonyl (C=O) groups is 1. The third kappa shape index (κ3) is 2.90. The molecule has 0 saturated carbocycles. The number of hydrogen-bond acceptors (Lipinski definition) is 3. The molecule has 4 rings (SSSR count). The van der Waals surface area contributed by atoms with Gasteiger partial charge >= 0.3 is 0 Å². The molecule has 0 fully saturated rings. The number of benzene rings is 1. The monoisotopic (exact) mass is 352 g/mol. The van der Waals surface area contributed by atoms with E-state index >= 15 is 0 Å². The van der Waals surface area contributed by atoms with Gasteiger partial charge in [0.1, 0.15) is 0 Å². The summed E-state index contributed by atoms with van der Waals surface area (Å²) in [5.41, 5.74) is 2.67. The van der Waals surface area contributed by atoms with E-state index in [-0.39, 0.29) is 11.9 Å². The molecule has 1 aliphatic rings. The largest absolute Gasteiger partial charge is 0.382 e. The van der Waals surface area contributed by atoms with Crippen molar-refractivity contribution in [1.29, 1.82) is 0 Å². The summed E-state index contributed by atoms with van der Waals surface area (Å²) in [5.74, 6) is -0.00402. The summed E-state index contributed by atoms with van der Waals surface area (Å²) >= 11 is 0. The van der Waals surface area contributed by atoms with Crippen LogP contribution in [0.1, 0.15) is 35.6 Å². The molecule has 0 bridgehead atoms. The third-order valence-electron chi connectivity index (χ3n) is 5.09. The number of carbonyl (C=O) groups excluding carboxylic acids is 1. The summed E-state index contributed by atoms with van der Waals surface area (Å²) in [6.07, 6.45) is 2.99. The lowest BCUT2D eigenvalue weighted by atomic mass is 10.1. The van der Waals surface area contributed by atoms with Crippen molar-refractivity contribution in [1.82, 2.24) is 19.2 Å². The van der Waals surface area contributed by atoms with Crippen LogP contribution in [0.5, 0.6) is 0 Å². The maximum atomic E-state index is 13.2. The number of rotatable bonds is 5. The average Bonchev–Trinajstić information content (AvgIpc) is 3.26. The number of para-hydroxylation sites is 1. The average molecular weight is 352 g/mol. The number of aromatic nitrogens is 3. The fourth-order valence-corrected chi connectivity index (χ4v) is 3.79. The number of hydrogen-bond donors (Lipinski definition) is 0. The summed E-state index contributed by atoms with van der Waals surface area (Å²) in [5, 5.41) is 5.41. The van der Waals surface area contributed by atoms with Crippen LogP contribution >= 0.6 is 0 Å². The first-order valence-electron chi connectivity index (χ1n) is 9.13. The Balaban J connectivity index is 1.62. The Morgan fingerprint density at radius 2 is 2.12 bits per heavy atom. The highest BCUT2D eigenvalue weighted by Crippen LogP contribution is 2.27. The van der Waals surface area contributed by atoms with Crippen molar-refractivity contribution >= 4 is 16.8 Å². The van der Waals surface area contributed by atoms with Crippen LogP contribution < -0.4 is 0 Å². The second-order valence-corrected chi connectivity index (χ2v) is 6.72. The Labute approximate surface area is 153 Å². The van der Waals surface area contributed by atoms with Crippen LogP contribution in [0.2, 0.25) is 0 Å². The Kier molecular flexibility index (Phi) is 4.51. The van der Waals surface area contributed by atoms with Gasteiger partial charge in [0.2, 0.25) is 0 Å². The van der Waals surface area contributed by atoms with Crippen molar-refractivity contribution in [2.75, 3.05) is 19.8 Å². The fraction of sp³-hybridized carbons (Fsp3) is 0.400. The van der Waals surface area contributed by atoms with Gasteiger partial charge < -0.3 is 14.2 Å². The van der Waals surface area contributed by atoms with Crippen LogP contribution in [0, 0.1) is 0 Å². The lowest BCUT2D eigenvalue weighted by molar-refractivity contribution is 0.0635. The van der Waals surface area contributed by atoms with Crippen LogP contribution in [-0.4, -0.2) is 44.9 Å². The molecule has 6 heteroatoms. The van der Waals surface area contributed by atoms with E-state index in [2.05, 4.69) is 21.9 Å². The first kappa shape index (κ1) is 16.8. The van der Waals surface area contributed by atoms with Crippen molar-refractivity contribution in [2.24, 2.45) is 7.05 Å². The molecule has 0 spiro atoms. The zero-order valence-electron chi connectivity index (χ0n) is 15.3. The van der Waals surface area contributed by atoms with Crippen LogP contribution in [0.25, 0.3) is 10.9 Å². The molecule has 1 aromatic carbocycles. The SMILES string of the molecule is CCOCCC1CN(C(=O)c2nn(C)c3ccccc23)Cc2cccn21. The van der Waals surface area contributed by atoms with Gasteiger partial charge in [-0.15, -0.1) is 0 Å². The molecule has 6 nitrogen and oxygen atoms in total. The zero-order chi connectivity index (χ0) is 18.1. The molecule has 1 atom stereocenters. The highest BCUT2D eigenvalue weighted by molar-refractivity contribution is 6.04. The minimum absolute atomic E-state index is 0.00402. The molecular weight excluding hydrogens is 328 g/mol. The predicted octanol–water partition coefficient (Wildman–Crippen LogP) is 3.00. The van der Waals surface area contributed by atoms with Gasteiger partial charge in [-0.3, -0.25) is 9.48 Å². The van der Waals surface area contributed by atoms with Crippen molar-refractivity contribution in [2.45, 2.75) is 25.9 Å². The van der Waals surface area contributed by atoms with Crippen molar-refractivity contribution in [3.63, 3.8) is 0 Å². The van der Waals surface area contributed by atoms with Crippen LogP contribution in [0.4, 0.5) is 0 Å². The van der Waals surface area contributed by atoms with E-state index in [0.717, 1.165) is 23.0 Å². The van der Waals surface area contributed by atoms with Gasteiger partial charge in [0.15, 0.2) is 5.69 Å². The molecule has 0 N–H and O–H groups in total. The van der Waals surface area contributed by atoms with Gasteiger partial charge in [0.05, 0.1) is 18.1 Å². The van der Waals surface area contributed by atoms with E-state index in [4.69, 9.17) is 4.74 Å². The van der Waals surface area contributed by atoms with E-state index in [9.17, 15) is 4.79 Å². The molecule has 3 aromatic rings. The van der Waals surface area contributed by atoms with Crippen LogP contribution in [-0.2, 0) is 18.3 Å². The topological polar surface area (TPSA) is 52.3 Å². The second kappa shape index (κ2) is 6.96. The molecule has 136 valence electrons. The normalized spacial score (nSPS) is 16.8. The number of fused-ring (bicyclic) bond motifs is 2. The molecule has 0 radical (unpaired) electrons. The predicted molar refractivity (Wildman–Crippen MR) is 100 cm³/mol. The standard InChI is InChI=1S/C20H24N4O2/c1-3-26-12-10-16-14-23(13-15-7-6-11-24(15)16)20(25)19-17-8-4-5-9-18(17)22(2)21-19/h4-9,11,16H,3,10,12-14H2,1-2H3. The van der Waals surface area contributed by atoms with Crippen molar-refractivity contribution < 1.29 is 9.53 Å². The van der Waals surface area contributed by atoms with E-state index < -0.39 is 0 Å². The van der Waals surface area contributed by atoms with Crippen LogP contribution in [0.15, 0.2) is 42.6 Å². The number of ether oxygens (including phenoxy) is 1. The maximum Gasteiger partial charge on any atom is 0.275 e. The van der Waals surface area contributed by atoms with E-state index in [1.54, 1.807) is 4.68 Å². The number of amides is 1. The van der Waals surface area contributed by atoms with E-state index in [1.165, 1.54) is 0 Å². The molecule has 26 heavy (non-hydrogen) atoms. The first-order valence-corrected chi connectivity index (χ1v) is 9.13. The highest BCUT2D eigenvalue weighted by atomic mass is 16.5. The Hall–Kier alpha value is -2.60. The fourth-order valence-electron chi connectivity index (χ4n) is 3.79. The van der Waals surface area contributed by atoms with Crippen molar-refractivity contribution in [3.8, 4) is 0 Å². The molecule has 0 aliphatic carbocycles. The van der Waals surface area contributed by atoms with Gasteiger partial charge in [-0.2, -0.15) is 5.10 Å². The second-order valence-electron chi connectivity index (χ2n) is 6.72. The van der Waals surface area contributed by atoms with Gasteiger partial charge in [0, 0.05) is 44.1 Å². The number of nitrogens with zero attached hydrogens (tertiary/aromatic N) is 4. The molecule has 1 amide bonds. The lowest BCUT2D eigenvalue weighted by Crippen LogP contribution is -2.41. The van der Waals surface area contributed by atoms with Gasteiger partial charge in [-0.05, 0) is 31.5 Å². The first-order chi connectivity index (χ1) is 12.7. The molecule has 1 aliphatic heterocycles. The molecular formula is C20H24N4O2. The summed E-state index contributed by atoms with van der Waals surface area (Å²) in [7, 11) is 1.88. The van der Waals surface area contributed by atoms with E-state index in [1.807, 2.05) is 49.2 Å². The lowest BCUT2D eigenvalue weighted by Gasteiger charge is -2.35. The number of aryl methyl sites for hydroxylation is 1. The molecule has 0 saturated heterocycles. The van der Waals surface area contributed by atoms with Gasteiger partial charge in [-0.1, -0.05) is 18.2 Å². The Morgan fingerprint density at radius 1 is 1.27 bits per heavy atom. The van der Waals surface area contributed by atoms with Crippen LogP contribution in [0.3, 0.4) is 0 Å². The van der Waals surface area contributed by atoms with E-state index in [0.29, 0.717) is 32.0 Å². The Morgan fingerprint density at radius 3 is 2.96 bits per heavy atom. The quantitative estimate of drug-likeness (QED) is 0.663. The Bertz CT molecular complexity index is 927. The van der Waals surface area contributed by atoms with Gasteiger partial charge in [-0.25, -0.2) is 0 Å². The summed E-state index contributed by atoms with van der Waals surface area (Å²) in [4.78, 5) is 15.2. The summed E-state index contributed by atoms with van der Waals surface area (Å²) in [6.45, 7) is 4.71. The molecule has 2 aromatic heterocycles. The maximum absolute atomic E-state index is 13.2. The van der Waals surface area contributed by atoms with Gasteiger partial charge in [0.25, 0.3) is 5.91 Å². The minimum atomic E-state index is -0.00402. The highest BCUT2D eigenvalue weighted by Gasteiger charge is 2.30. The summed E-state index contributed by atoms with van der Waals surface area (Å²) < 4.78 is 9.59. The van der Waals surface area contributed by atoms with Crippen molar-refractivity contribution in [3.05, 3.63) is 54.0 Å². The summed E-state index contributed by atoms with van der Waals surface area (Å²) in [6, 6.07) is 12.2. The zero-order valence-corrected chi connectivity index (χ0v) is 15.3.